The number of aliphatic imine (C=N–C) groups is 1. The van der Waals surface area contributed by atoms with Gasteiger partial charge >= 0.3 is 0 Å². The Morgan fingerprint density at radius 1 is 1.14 bits per heavy atom. The summed E-state index contributed by atoms with van der Waals surface area (Å²) in [6, 6.07) is 10.6. The summed E-state index contributed by atoms with van der Waals surface area (Å²) < 4.78 is 25.0. The molecule has 1 heterocycles. The minimum absolute atomic E-state index is 0.0381. The summed E-state index contributed by atoms with van der Waals surface area (Å²) in [4.78, 5) is 30.3. The van der Waals surface area contributed by atoms with E-state index in [1.807, 2.05) is 24.3 Å². The molecule has 0 radical (unpaired) electrons. The summed E-state index contributed by atoms with van der Waals surface area (Å²) in [5.41, 5.74) is 2.45. The number of likely N-dealkylation sites (N-methyl/N-ethyl adjacent to an activating group) is 1. The molecule has 0 spiro atoms. The van der Waals surface area contributed by atoms with Crippen LogP contribution in [-0.2, 0) is 26.0 Å². The van der Waals surface area contributed by atoms with Crippen molar-refractivity contribution in [3.05, 3.63) is 74.6 Å². The lowest BCUT2D eigenvalue weighted by molar-refractivity contribution is -0.132. The molecule has 0 aromatic heterocycles. The summed E-state index contributed by atoms with van der Waals surface area (Å²) in [6.45, 7) is 3.56. The number of nitrogens with zero attached hydrogens (tertiary/aromatic N) is 2. The van der Waals surface area contributed by atoms with E-state index in [0.717, 1.165) is 35.5 Å². The van der Waals surface area contributed by atoms with E-state index in [1.54, 1.807) is 14.0 Å². The van der Waals surface area contributed by atoms with E-state index in [9.17, 15) is 18.0 Å². The predicted octanol–water partition coefficient (Wildman–Crippen LogP) is 2.30. The largest absolute Gasteiger partial charge is 0.368 e. The Balaban J connectivity index is 1.38. The van der Waals surface area contributed by atoms with Crippen molar-refractivity contribution in [3.8, 4) is 0 Å². The Bertz CT molecular complexity index is 1310. The smallest absolute Gasteiger partial charge is 0.242 e. The molecule has 0 saturated carbocycles. The Kier molecular flexibility index (Phi) is 10.1. The highest BCUT2D eigenvalue weighted by atomic mass is 35.5. The molecule has 1 aliphatic rings. The van der Waals surface area contributed by atoms with Crippen LogP contribution in [0.3, 0.4) is 0 Å². The first-order valence-corrected chi connectivity index (χ1v) is 13.8. The van der Waals surface area contributed by atoms with E-state index in [1.165, 1.54) is 23.1 Å². The number of amidine groups is 1. The van der Waals surface area contributed by atoms with E-state index in [-0.39, 0.29) is 41.4 Å². The predicted molar refractivity (Wildman–Crippen MR) is 146 cm³/mol. The van der Waals surface area contributed by atoms with Crippen molar-refractivity contribution >= 4 is 50.7 Å². The summed E-state index contributed by atoms with van der Waals surface area (Å²) in [6.07, 6.45) is 1.38. The number of hydrogen-bond donors (Lipinski definition) is 3. The average Bonchev–Trinajstić information content (AvgIpc) is 3.41. The number of hydrogen-bond acceptors (Lipinski definition) is 7. The van der Waals surface area contributed by atoms with E-state index in [2.05, 4.69) is 20.9 Å². The average molecular weight is 567 g/mol. The van der Waals surface area contributed by atoms with Gasteiger partial charge in [-0.05, 0) is 30.2 Å². The van der Waals surface area contributed by atoms with Crippen molar-refractivity contribution in [2.45, 2.75) is 18.4 Å². The van der Waals surface area contributed by atoms with Gasteiger partial charge in [-0.2, -0.15) is 0 Å². The van der Waals surface area contributed by atoms with Crippen LogP contribution in [0.1, 0.15) is 16.7 Å². The minimum atomic E-state index is -3.77. The van der Waals surface area contributed by atoms with Crippen molar-refractivity contribution in [1.29, 1.82) is 0 Å². The second-order valence-corrected chi connectivity index (χ2v) is 11.0. The Morgan fingerprint density at radius 3 is 2.54 bits per heavy atom. The topological polar surface area (TPSA) is 120 Å². The van der Waals surface area contributed by atoms with Crippen LogP contribution in [0, 0.1) is 6.92 Å². The third-order valence-electron chi connectivity index (χ3n) is 5.60. The van der Waals surface area contributed by atoms with Gasteiger partial charge in [0.15, 0.2) is 0 Å². The first-order chi connectivity index (χ1) is 17.6. The monoisotopic (exact) mass is 565 g/mol. The molecule has 37 heavy (non-hydrogen) atoms. The zero-order valence-electron chi connectivity index (χ0n) is 20.6. The van der Waals surface area contributed by atoms with Gasteiger partial charge in [0.1, 0.15) is 5.84 Å². The fraction of sp³-hybridized carbons (Fsp3) is 0.320. The van der Waals surface area contributed by atoms with Crippen LogP contribution in [0.5, 0.6) is 0 Å². The molecular weight excluding hydrogens is 537 g/mol. The molecule has 1 aliphatic heterocycles. The van der Waals surface area contributed by atoms with Crippen molar-refractivity contribution < 1.29 is 18.0 Å². The molecule has 0 fully saturated rings. The maximum Gasteiger partial charge on any atom is 0.242 e. The molecule has 2 aromatic rings. The SMILES string of the molecule is Cc1c(Cl)ccc(S(=O)(=O)C=CCNCC(=O)NCC(=O)N(C)Cc2ccc(C3=NCCN3)cc2)c1Cl. The number of rotatable bonds is 11. The van der Waals surface area contributed by atoms with Gasteiger partial charge in [0, 0.05) is 42.7 Å². The molecule has 3 N–H and O–H groups in total. The number of carbonyl (C=O) groups excluding carboxylic acids is 2. The molecule has 2 amide bonds. The van der Waals surface area contributed by atoms with E-state index >= 15 is 0 Å². The highest BCUT2D eigenvalue weighted by Gasteiger charge is 2.18. The minimum Gasteiger partial charge on any atom is -0.368 e. The van der Waals surface area contributed by atoms with Gasteiger partial charge < -0.3 is 20.9 Å². The lowest BCUT2D eigenvalue weighted by atomic mass is 10.1. The number of carbonyl (C=O) groups is 2. The van der Waals surface area contributed by atoms with Gasteiger partial charge in [-0.1, -0.05) is 53.5 Å². The van der Waals surface area contributed by atoms with Gasteiger partial charge in [0.05, 0.1) is 29.6 Å². The Morgan fingerprint density at radius 2 is 1.86 bits per heavy atom. The highest BCUT2D eigenvalue weighted by molar-refractivity contribution is 7.94. The summed E-state index contributed by atoms with van der Waals surface area (Å²) in [5, 5.41) is 10.1. The van der Waals surface area contributed by atoms with Crippen molar-refractivity contribution in [2.75, 3.05) is 39.8 Å². The molecule has 3 rings (SSSR count). The lowest BCUT2D eigenvalue weighted by Gasteiger charge is -2.18. The normalized spacial score (nSPS) is 13.4. The second kappa shape index (κ2) is 13.0. The maximum atomic E-state index is 12.5. The molecule has 0 aliphatic carbocycles. The Labute approximate surface area is 226 Å². The zero-order valence-corrected chi connectivity index (χ0v) is 22.9. The molecule has 2 aromatic carbocycles. The number of halogens is 2. The van der Waals surface area contributed by atoms with Crippen LogP contribution in [0.2, 0.25) is 10.0 Å². The van der Waals surface area contributed by atoms with Gasteiger partial charge in [0.2, 0.25) is 21.7 Å². The number of benzene rings is 2. The van der Waals surface area contributed by atoms with Gasteiger partial charge in [0.25, 0.3) is 0 Å². The fourth-order valence-electron chi connectivity index (χ4n) is 3.47. The van der Waals surface area contributed by atoms with Crippen LogP contribution in [0.25, 0.3) is 0 Å². The van der Waals surface area contributed by atoms with Crippen LogP contribution < -0.4 is 16.0 Å². The summed E-state index contributed by atoms with van der Waals surface area (Å²) in [7, 11) is -2.10. The zero-order chi connectivity index (χ0) is 27.0. The molecule has 0 atom stereocenters. The maximum absolute atomic E-state index is 12.5. The molecule has 9 nitrogen and oxygen atoms in total. The molecule has 198 valence electrons. The number of sulfone groups is 1. The van der Waals surface area contributed by atoms with Crippen molar-refractivity contribution in [1.82, 2.24) is 20.9 Å². The fourth-order valence-corrected chi connectivity index (χ4v) is 5.32. The van der Waals surface area contributed by atoms with E-state index in [4.69, 9.17) is 23.2 Å². The lowest BCUT2D eigenvalue weighted by Crippen LogP contribution is -2.41. The molecule has 0 saturated heterocycles. The first-order valence-electron chi connectivity index (χ1n) is 11.5. The highest BCUT2D eigenvalue weighted by Crippen LogP contribution is 2.31. The van der Waals surface area contributed by atoms with Gasteiger partial charge in [-0.15, -0.1) is 0 Å². The molecule has 12 heteroatoms. The standard InChI is InChI=1S/C25H29Cl2N5O4S/c1-17-20(26)8-9-21(24(17)27)37(35,36)13-3-10-28-14-22(33)31-15-23(34)32(2)16-18-4-6-19(7-5-18)25-29-11-12-30-25/h3-9,13,28H,10-12,14-16H2,1-2H3,(H,29,30)(H,31,33). The Hall–Kier alpha value is -2.92. The van der Waals surface area contributed by atoms with Gasteiger partial charge in [-0.25, -0.2) is 8.42 Å². The van der Waals surface area contributed by atoms with E-state index < -0.39 is 9.84 Å². The molecule has 0 unspecified atom stereocenters. The van der Waals surface area contributed by atoms with Crippen LogP contribution >= 0.6 is 23.2 Å². The van der Waals surface area contributed by atoms with Gasteiger partial charge in [-0.3, -0.25) is 14.6 Å². The quantitative estimate of drug-likeness (QED) is 0.359. The van der Waals surface area contributed by atoms with Crippen LogP contribution in [0.15, 0.2) is 57.8 Å². The van der Waals surface area contributed by atoms with Crippen LogP contribution in [0.4, 0.5) is 0 Å². The molecule has 0 bridgehead atoms. The number of amides is 2. The van der Waals surface area contributed by atoms with E-state index in [0.29, 0.717) is 17.1 Å². The summed E-state index contributed by atoms with van der Waals surface area (Å²) >= 11 is 12.1. The first kappa shape index (κ1) is 28.6. The third kappa shape index (κ3) is 8.03. The molecular formula is C25H29Cl2N5O4S. The summed E-state index contributed by atoms with van der Waals surface area (Å²) in [5.74, 6) is 0.259. The van der Waals surface area contributed by atoms with Crippen molar-refractivity contribution in [3.63, 3.8) is 0 Å². The third-order valence-corrected chi connectivity index (χ3v) is 8.11. The number of nitrogens with one attached hydrogen (secondary N) is 3. The van der Waals surface area contributed by atoms with Crippen LogP contribution in [-0.4, -0.2) is 70.7 Å². The second-order valence-electron chi connectivity index (χ2n) is 8.41. The van der Waals surface area contributed by atoms with Crippen molar-refractivity contribution in [2.24, 2.45) is 4.99 Å².